The number of hydrogen-bond acceptors (Lipinski definition) is 3. The summed E-state index contributed by atoms with van der Waals surface area (Å²) in [6.07, 6.45) is 0. The van der Waals surface area contributed by atoms with Crippen molar-refractivity contribution < 1.29 is 0 Å². The van der Waals surface area contributed by atoms with Gasteiger partial charge in [-0.15, -0.1) is 11.3 Å². The van der Waals surface area contributed by atoms with Crippen LogP contribution >= 0.6 is 49.9 Å². The Morgan fingerprint density at radius 2 is 2.24 bits per heavy atom. The van der Waals surface area contributed by atoms with Crippen LogP contribution in [0.25, 0.3) is 0 Å². The first-order chi connectivity index (χ1) is 8.08. The summed E-state index contributed by atoms with van der Waals surface area (Å²) in [5.41, 5.74) is 4.13. The summed E-state index contributed by atoms with van der Waals surface area (Å²) in [6, 6.07) is 6.59. The zero-order valence-corrected chi connectivity index (χ0v) is 14.1. The first-order valence-corrected chi connectivity index (χ1v) is 7.94. The summed E-state index contributed by atoms with van der Waals surface area (Å²) in [7, 11) is 0. The predicted octanol–water partition coefficient (Wildman–Crippen LogP) is 4.99. The van der Waals surface area contributed by atoms with E-state index in [1.807, 2.05) is 12.4 Å². The maximum Gasteiger partial charge on any atom is 0.0798 e. The fraction of sp³-hybridized carbons (Fsp3) is 0.250. The molecule has 0 fully saturated rings. The van der Waals surface area contributed by atoms with Gasteiger partial charge in [0, 0.05) is 18.6 Å². The van der Waals surface area contributed by atoms with E-state index in [-0.39, 0.29) is 6.04 Å². The molecule has 0 bridgehead atoms. The molecule has 5 heteroatoms. The number of nitrogens with one attached hydrogen (secondary N) is 1. The van der Waals surface area contributed by atoms with Crippen LogP contribution in [0.4, 0.5) is 5.69 Å². The second kappa shape index (κ2) is 5.67. The van der Waals surface area contributed by atoms with Crippen molar-refractivity contribution in [2.45, 2.75) is 19.9 Å². The van der Waals surface area contributed by atoms with Gasteiger partial charge < -0.3 is 5.32 Å². The van der Waals surface area contributed by atoms with Gasteiger partial charge in [0.25, 0.3) is 0 Å². The zero-order chi connectivity index (χ0) is 12.4. The SMILES string of the molecule is Cc1ncsc1C(C)Nc1ccc(I)c(Br)c1. The second-order valence-electron chi connectivity index (χ2n) is 3.80. The van der Waals surface area contributed by atoms with E-state index in [0.717, 1.165) is 15.9 Å². The molecule has 2 aromatic rings. The van der Waals surface area contributed by atoms with Crippen LogP contribution < -0.4 is 5.32 Å². The molecule has 0 aliphatic heterocycles. The lowest BCUT2D eigenvalue weighted by Crippen LogP contribution is -2.06. The Bertz CT molecular complexity index is 527. The molecular formula is C12H12BrIN2S. The average Bonchev–Trinajstić information content (AvgIpc) is 2.70. The normalized spacial score (nSPS) is 12.5. The Kier molecular flexibility index (Phi) is 4.43. The third kappa shape index (κ3) is 3.20. The smallest absolute Gasteiger partial charge is 0.0798 e. The van der Waals surface area contributed by atoms with Crippen LogP contribution in [0.15, 0.2) is 28.2 Å². The number of hydrogen-bond donors (Lipinski definition) is 1. The van der Waals surface area contributed by atoms with Crippen LogP contribution in [0.5, 0.6) is 0 Å². The standard InChI is InChI=1S/C12H12BrIN2S/c1-7-12(17-6-15-7)8(2)16-9-3-4-11(14)10(13)5-9/h3-6,8,16H,1-2H3. The van der Waals surface area contributed by atoms with Gasteiger partial charge in [0.05, 0.1) is 17.2 Å². The Morgan fingerprint density at radius 3 is 2.82 bits per heavy atom. The van der Waals surface area contributed by atoms with E-state index >= 15 is 0 Å². The number of thiazole rings is 1. The lowest BCUT2D eigenvalue weighted by molar-refractivity contribution is 0.890. The summed E-state index contributed by atoms with van der Waals surface area (Å²) >= 11 is 7.55. The summed E-state index contributed by atoms with van der Waals surface area (Å²) < 4.78 is 2.34. The van der Waals surface area contributed by atoms with E-state index in [1.165, 1.54) is 8.45 Å². The van der Waals surface area contributed by atoms with Gasteiger partial charge in [-0.25, -0.2) is 4.98 Å². The summed E-state index contributed by atoms with van der Waals surface area (Å²) in [5, 5.41) is 3.49. The minimum absolute atomic E-state index is 0.287. The molecule has 0 aliphatic carbocycles. The molecular weight excluding hydrogens is 411 g/mol. The number of aryl methyl sites for hydroxylation is 1. The molecule has 0 saturated carbocycles. The topological polar surface area (TPSA) is 24.9 Å². The van der Waals surface area contributed by atoms with Gasteiger partial charge in [0.15, 0.2) is 0 Å². The molecule has 0 radical (unpaired) electrons. The Balaban J connectivity index is 2.16. The maximum atomic E-state index is 4.28. The van der Waals surface area contributed by atoms with Crippen molar-refractivity contribution in [3.05, 3.63) is 42.3 Å². The zero-order valence-electron chi connectivity index (χ0n) is 9.50. The number of benzene rings is 1. The van der Waals surface area contributed by atoms with E-state index in [4.69, 9.17) is 0 Å². The van der Waals surface area contributed by atoms with Crippen LogP contribution in [-0.2, 0) is 0 Å². The van der Waals surface area contributed by atoms with Crippen LogP contribution in [0.3, 0.4) is 0 Å². The van der Waals surface area contributed by atoms with E-state index < -0.39 is 0 Å². The number of nitrogens with zero attached hydrogens (tertiary/aromatic N) is 1. The van der Waals surface area contributed by atoms with E-state index in [9.17, 15) is 0 Å². The van der Waals surface area contributed by atoms with Crippen molar-refractivity contribution in [3.63, 3.8) is 0 Å². The van der Waals surface area contributed by atoms with Crippen LogP contribution in [0.1, 0.15) is 23.5 Å². The maximum absolute atomic E-state index is 4.28. The molecule has 1 heterocycles. The minimum atomic E-state index is 0.287. The fourth-order valence-electron chi connectivity index (χ4n) is 1.63. The number of halogens is 2. The van der Waals surface area contributed by atoms with Gasteiger partial charge in [-0.2, -0.15) is 0 Å². The van der Waals surface area contributed by atoms with Crippen LogP contribution in [0, 0.1) is 10.5 Å². The molecule has 0 aliphatic rings. The molecule has 1 unspecified atom stereocenters. The highest BCUT2D eigenvalue weighted by Crippen LogP contribution is 2.28. The molecule has 2 nitrogen and oxygen atoms in total. The van der Waals surface area contributed by atoms with Crippen molar-refractivity contribution in [3.8, 4) is 0 Å². The van der Waals surface area contributed by atoms with Gasteiger partial charge >= 0.3 is 0 Å². The second-order valence-corrected chi connectivity index (χ2v) is 6.70. The van der Waals surface area contributed by atoms with Crippen LogP contribution in [-0.4, -0.2) is 4.98 Å². The van der Waals surface area contributed by atoms with E-state index in [0.29, 0.717) is 0 Å². The fourth-order valence-corrected chi connectivity index (χ4v) is 3.15. The average molecular weight is 423 g/mol. The van der Waals surface area contributed by atoms with Gasteiger partial charge in [0.1, 0.15) is 0 Å². The Morgan fingerprint density at radius 1 is 1.47 bits per heavy atom. The largest absolute Gasteiger partial charge is 0.378 e. The quantitative estimate of drug-likeness (QED) is 0.704. The molecule has 1 N–H and O–H groups in total. The number of rotatable bonds is 3. The molecule has 1 atom stereocenters. The highest BCUT2D eigenvalue weighted by atomic mass is 127. The summed E-state index contributed by atoms with van der Waals surface area (Å²) in [5.74, 6) is 0. The molecule has 17 heavy (non-hydrogen) atoms. The minimum Gasteiger partial charge on any atom is -0.378 e. The van der Waals surface area contributed by atoms with Gasteiger partial charge in [-0.1, -0.05) is 0 Å². The molecule has 1 aromatic heterocycles. The van der Waals surface area contributed by atoms with Crippen LogP contribution in [0.2, 0.25) is 0 Å². The number of aromatic nitrogens is 1. The Hall–Kier alpha value is -0.140. The lowest BCUT2D eigenvalue weighted by Gasteiger charge is -2.15. The number of anilines is 1. The van der Waals surface area contributed by atoms with Gasteiger partial charge in [-0.3, -0.25) is 0 Å². The van der Waals surface area contributed by atoms with E-state index in [2.05, 4.69) is 73.9 Å². The first-order valence-electron chi connectivity index (χ1n) is 5.19. The van der Waals surface area contributed by atoms with Crippen molar-refractivity contribution in [1.29, 1.82) is 0 Å². The van der Waals surface area contributed by atoms with Gasteiger partial charge in [-0.05, 0) is 70.6 Å². The van der Waals surface area contributed by atoms with E-state index in [1.54, 1.807) is 11.3 Å². The molecule has 0 amide bonds. The molecule has 0 saturated heterocycles. The lowest BCUT2D eigenvalue weighted by atomic mass is 10.2. The monoisotopic (exact) mass is 422 g/mol. The van der Waals surface area contributed by atoms with Crippen molar-refractivity contribution >= 4 is 55.5 Å². The van der Waals surface area contributed by atoms with Gasteiger partial charge in [0.2, 0.25) is 0 Å². The predicted molar refractivity (Wildman–Crippen MR) is 85.7 cm³/mol. The highest BCUT2D eigenvalue weighted by Gasteiger charge is 2.11. The Labute approximate surface area is 127 Å². The third-order valence-corrected chi connectivity index (χ3v) is 5.93. The molecule has 1 aromatic carbocycles. The van der Waals surface area contributed by atoms with Crippen molar-refractivity contribution in [1.82, 2.24) is 4.98 Å². The highest BCUT2D eigenvalue weighted by molar-refractivity contribution is 14.1. The summed E-state index contributed by atoms with van der Waals surface area (Å²) in [4.78, 5) is 5.57. The van der Waals surface area contributed by atoms with Crippen molar-refractivity contribution in [2.24, 2.45) is 0 Å². The third-order valence-electron chi connectivity index (χ3n) is 2.48. The molecule has 90 valence electrons. The van der Waals surface area contributed by atoms with Crippen molar-refractivity contribution in [2.75, 3.05) is 5.32 Å². The first kappa shape index (κ1) is 13.3. The summed E-state index contributed by atoms with van der Waals surface area (Å²) in [6.45, 7) is 4.21. The molecule has 0 spiro atoms. The molecule has 2 rings (SSSR count).